The van der Waals surface area contributed by atoms with E-state index in [0.29, 0.717) is 5.76 Å². The fourth-order valence-electron chi connectivity index (χ4n) is 2.56. The first-order valence-electron chi connectivity index (χ1n) is 7.02. The van der Waals surface area contributed by atoms with Crippen molar-refractivity contribution in [3.63, 3.8) is 0 Å². The molecule has 1 saturated heterocycles. The van der Waals surface area contributed by atoms with E-state index in [1.807, 2.05) is 23.1 Å². The Kier molecular flexibility index (Phi) is 4.27. The molecule has 0 aliphatic carbocycles. The van der Waals surface area contributed by atoms with Crippen LogP contribution in [0, 0.1) is 0 Å². The Morgan fingerprint density at radius 2 is 1.95 bits per heavy atom. The summed E-state index contributed by atoms with van der Waals surface area (Å²) in [5.74, 6) is 0.390. The van der Waals surface area contributed by atoms with Crippen LogP contribution in [-0.2, 0) is 6.54 Å². The highest BCUT2D eigenvalue weighted by molar-refractivity contribution is 6.30. The van der Waals surface area contributed by atoms with Crippen LogP contribution in [0.4, 0.5) is 0 Å². The Morgan fingerprint density at radius 3 is 2.62 bits per heavy atom. The lowest BCUT2D eigenvalue weighted by Gasteiger charge is -2.34. The van der Waals surface area contributed by atoms with E-state index in [1.165, 1.54) is 11.8 Å². The average Bonchev–Trinajstić information content (AvgIpc) is 3.01. The van der Waals surface area contributed by atoms with Crippen molar-refractivity contribution >= 4 is 17.5 Å². The maximum Gasteiger partial charge on any atom is 0.289 e. The zero-order chi connectivity index (χ0) is 14.7. The zero-order valence-electron chi connectivity index (χ0n) is 11.7. The maximum absolute atomic E-state index is 12.2. The summed E-state index contributed by atoms with van der Waals surface area (Å²) < 4.78 is 5.16. The summed E-state index contributed by atoms with van der Waals surface area (Å²) >= 11 is 6.00. The molecule has 5 heteroatoms. The number of amides is 1. The van der Waals surface area contributed by atoms with Crippen LogP contribution in [0.1, 0.15) is 16.1 Å². The van der Waals surface area contributed by atoms with Crippen LogP contribution in [-0.4, -0.2) is 41.9 Å². The quantitative estimate of drug-likeness (QED) is 0.875. The predicted molar refractivity (Wildman–Crippen MR) is 81.3 cm³/mol. The van der Waals surface area contributed by atoms with Gasteiger partial charge in [0.2, 0.25) is 0 Å². The van der Waals surface area contributed by atoms with Crippen LogP contribution in [0.5, 0.6) is 0 Å². The molecule has 0 unspecified atom stereocenters. The van der Waals surface area contributed by atoms with E-state index in [0.717, 1.165) is 37.7 Å². The minimum atomic E-state index is -0.0256. The molecule has 1 amide bonds. The molecule has 0 atom stereocenters. The standard InChI is InChI=1S/C16H17ClN2O2/c17-14-4-1-3-13(11-14)12-18-6-8-19(9-7-18)16(20)15-5-2-10-21-15/h1-5,10-11H,6-9,12H2. The van der Waals surface area contributed by atoms with Crippen molar-refractivity contribution in [2.24, 2.45) is 0 Å². The van der Waals surface area contributed by atoms with Gasteiger partial charge in [-0.3, -0.25) is 9.69 Å². The van der Waals surface area contributed by atoms with E-state index in [-0.39, 0.29) is 5.91 Å². The summed E-state index contributed by atoms with van der Waals surface area (Å²) in [5.41, 5.74) is 1.20. The number of benzene rings is 1. The number of hydrogen-bond donors (Lipinski definition) is 0. The second-order valence-electron chi connectivity index (χ2n) is 5.18. The molecule has 0 radical (unpaired) electrons. The molecule has 21 heavy (non-hydrogen) atoms. The van der Waals surface area contributed by atoms with Crippen LogP contribution < -0.4 is 0 Å². The molecular formula is C16H17ClN2O2. The monoisotopic (exact) mass is 304 g/mol. The van der Waals surface area contributed by atoms with Crippen LogP contribution in [0.3, 0.4) is 0 Å². The van der Waals surface area contributed by atoms with Gasteiger partial charge in [-0.15, -0.1) is 0 Å². The van der Waals surface area contributed by atoms with Gasteiger partial charge < -0.3 is 9.32 Å². The van der Waals surface area contributed by atoms with E-state index < -0.39 is 0 Å². The van der Waals surface area contributed by atoms with Crippen LogP contribution in [0.2, 0.25) is 5.02 Å². The van der Waals surface area contributed by atoms with E-state index in [9.17, 15) is 4.79 Å². The second-order valence-corrected chi connectivity index (χ2v) is 5.61. The molecule has 4 nitrogen and oxygen atoms in total. The number of piperazine rings is 1. The van der Waals surface area contributed by atoms with Gasteiger partial charge in [0.05, 0.1) is 6.26 Å². The summed E-state index contributed by atoms with van der Waals surface area (Å²) in [6.07, 6.45) is 1.53. The molecular weight excluding hydrogens is 288 g/mol. The molecule has 1 aromatic heterocycles. The highest BCUT2D eigenvalue weighted by atomic mass is 35.5. The molecule has 0 bridgehead atoms. The summed E-state index contributed by atoms with van der Waals surface area (Å²) in [6, 6.07) is 11.4. The first-order valence-corrected chi connectivity index (χ1v) is 7.40. The van der Waals surface area contributed by atoms with Crippen LogP contribution >= 0.6 is 11.6 Å². The number of furan rings is 1. The Bertz CT molecular complexity index is 604. The van der Waals surface area contributed by atoms with Gasteiger partial charge >= 0.3 is 0 Å². The maximum atomic E-state index is 12.2. The number of nitrogens with zero attached hydrogens (tertiary/aromatic N) is 2. The summed E-state index contributed by atoms with van der Waals surface area (Å²) in [6.45, 7) is 4.03. The minimum absolute atomic E-state index is 0.0256. The van der Waals surface area contributed by atoms with Crippen molar-refractivity contribution < 1.29 is 9.21 Å². The summed E-state index contributed by atoms with van der Waals surface area (Å²) in [5, 5.41) is 0.763. The zero-order valence-corrected chi connectivity index (χ0v) is 12.4. The molecule has 1 fully saturated rings. The molecule has 1 aliphatic rings. The lowest BCUT2D eigenvalue weighted by atomic mass is 10.2. The third-order valence-electron chi connectivity index (χ3n) is 3.69. The first-order chi connectivity index (χ1) is 10.2. The van der Waals surface area contributed by atoms with E-state index >= 15 is 0 Å². The van der Waals surface area contributed by atoms with Crippen molar-refractivity contribution in [2.75, 3.05) is 26.2 Å². The van der Waals surface area contributed by atoms with Gasteiger partial charge in [0.25, 0.3) is 5.91 Å². The molecule has 0 spiro atoms. The average molecular weight is 305 g/mol. The SMILES string of the molecule is O=C(c1ccco1)N1CCN(Cc2cccc(Cl)c2)CC1. The lowest BCUT2D eigenvalue weighted by Crippen LogP contribution is -2.48. The Hall–Kier alpha value is -1.78. The lowest BCUT2D eigenvalue weighted by molar-refractivity contribution is 0.0598. The van der Waals surface area contributed by atoms with Crippen molar-refractivity contribution in [2.45, 2.75) is 6.54 Å². The van der Waals surface area contributed by atoms with E-state index in [1.54, 1.807) is 12.1 Å². The Labute approximate surface area is 128 Å². The normalized spacial score (nSPS) is 16.1. The van der Waals surface area contributed by atoms with E-state index in [2.05, 4.69) is 11.0 Å². The molecule has 2 heterocycles. The van der Waals surface area contributed by atoms with Crippen molar-refractivity contribution in [1.29, 1.82) is 0 Å². The van der Waals surface area contributed by atoms with Gasteiger partial charge in [0, 0.05) is 37.7 Å². The summed E-state index contributed by atoms with van der Waals surface area (Å²) in [4.78, 5) is 16.3. The van der Waals surface area contributed by atoms with Crippen LogP contribution in [0.15, 0.2) is 47.1 Å². The van der Waals surface area contributed by atoms with Gasteiger partial charge in [0.15, 0.2) is 5.76 Å². The smallest absolute Gasteiger partial charge is 0.289 e. The molecule has 1 aromatic carbocycles. The third-order valence-corrected chi connectivity index (χ3v) is 3.92. The molecule has 3 rings (SSSR count). The third kappa shape index (κ3) is 3.46. The Balaban J connectivity index is 1.54. The summed E-state index contributed by atoms with van der Waals surface area (Å²) in [7, 11) is 0. The minimum Gasteiger partial charge on any atom is -0.459 e. The fraction of sp³-hybridized carbons (Fsp3) is 0.312. The number of hydrogen-bond acceptors (Lipinski definition) is 3. The van der Waals surface area contributed by atoms with Crippen molar-refractivity contribution in [1.82, 2.24) is 9.80 Å². The first kappa shape index (κ1) is 14.2. The highest BCUT2D eigenvalue weighted by Gasteiger charge is 2.23. The van der Waals surface area contributed by atoms with Gasteiger partial charge in [-0.1, -0.05) is 23.7 Å². The second kappa shape index (κ2) is 6.33. The molecule has 0 saturated carbocycles. The predicted octanol–water partition coefficient (Wildman–Crippen LogP) is 2.89. The molecule has 2 aromatic rings. The number of rotatable bonds is 3. The number of carbonyl (C=O) groups is 1. The van der Waals surface area contributed by atoms with Crippen molar-refractivity contribution in [3.8, 4) is 0 Å². The topological polar surface area (TPSA) is 36.7 Å². The van der Waals surface area contributed by atoms with Gasteiger partial charge in [-0.2, -0.15) is 0 Å². The number of halogens is 1. The van der Waals surface area contributed by atoms with E-state index in [4.69, 9.17) is 16.0 Å². The molecule has 0 N–H and O–H groups in total. The molecule has 110 valence electrons. The molecule has 1 aliphatic heterocycles. The van der Waals surface area contributed by atoms with Gasteiger partial charge in [-0.05, 0) is 29.8 Å². The number of carbonyl (C=O) groups excluding carboxylic acids is 1. The van der Waals surface area contributed by atoms with Crippen LogP contribution in [0.25, 0.3) is 0 Å². The van der Waals surface area contributed by atoms with Crippen molar-refractivity contribution in [3.05, 3.63) is 59.0 Å². The Morgan fingerprint density at radius 1 is 1.14 bits per heavy atom. The fourth-order valence-corrected chi connectivity index (χ4v) is 2.77. The largest absolute Gasteiger partial charge is 0.459 e. The highest BCUT2D eigenvalue weighted by Crippen LogP contribution is 2.15. The van der Waals surface area contributed by atoms with Gasteiger partial charge in [-0.25, -0.2) is 0 Å². The van der Waals surface area contributed by atoms with Gasteiger partial charge in [0.1, 0.15) is 0 Å².